The van der Waals surface area contributed by atoms with Gasteiger partial charge in [-0.05, 0) is 47.9 Å². The number of aromatic nitrogens is 1. The third kappa shape index (κ3) is 3.58. The van der Waals surface area contributed by atoms with E-state index in [4.69, 9.17) is 4.74 Å². The van der Waals surface area contributed by atoms with Crippen molar-refractivity contribution in [2.75, 3.05) is 20.2 Å². The minimum atomic E-state index is -0.240. The van der Waals surface area contributed by atoms with E-state index < -0.39 is 0 Å². The van der Waals surface area contributed by atoms with Crippen LogP contribution in [-0.2, 0) is 11.2 Å². The van der Waals surface area contributed by atoms with Gasteiger partial charge in [0.05, 0.1) is 13.5 Å². The number of fused-ring (bicyclic) bond motifs is 1. The molecule has 0 bridgehead atoms. The minimum absolute atomic E-state index is 0.112. The van der Waals surface area contributed by atoms with Gasteiger partial charge in [-0.2, -0.15) is 0 Å². The van der Waals surface area contributed by atoms with Gasteiger partial charge in [0, 0.05) is 35.8 Å². The van der Waals surface area contributed by atoms with Crippen molar-refractivity contribution < 1.29 is 13.9 Å². The van der Waals surface area contributed by atoms with Gasteiger partial charge in [0.25, 0.3) is 0 Å². The number of methoxy groups -OCH3 is 1. The van der Waals surface area contributed by atoms with Gasteiger partial charge in [-0.3, -0.25) is 4.79 Å². The predicted octanol–water partition coefficient (Wildman–Crippen LogP) is 4.17. The fourth-order valence-corrected chi connectivity index (χ4v) is 3.53. The van der Waals surface area contributed by atoms with Crippen LogP contribution in [0.3, 0.4) is 0 Å². The first kappa shape index (κ1) is 17.3. The maximum atomic E-state index is 13.6. The van der Waals surface area contributed by atoms with Gasteiger partial charge in [0.1, 0.15) is 11.6 Å². The molecular weight excluding hydrogens is 343 g/mol. The summed E-state index contributed by atoms with van der Waals surface area (Å²) in [6, 6.07) is 12.3. The van der Waals surface area contributed by atoms with Gasteiger partial charge in [-0.25, -0.2) is 4.39 Å². The molecule has 1 amide bonds. The molecule has 0 radical (unpaired) electrons. The first-order valence-corrected chi connectivity index (χ1v) is 9.01. The fraction of sp³-hybridized carbons (Fsp3) is 0.227. The summed E-state index contributed by atoms with van der Waals surface area (Å²) in [4.78, 5) is 17.6. The van der Waals surface area contributed by atoms with Gasteiger partial charge in [0.2, 0.25) is 5.91 Å². The van der Waals surface area contributed by atoms with Crippen LogP contribution < -0.4 is 4.74 Å². The van der Waals surface area contributed by atoms with Crippen molar-refractivity contribution in [3.63, 3.8) is 0 Å². The van der Waals surface area contributed by atoms with Crippen LogP contribution in [0.2, 0.25) is 0 Å². The summed E-state index contributed by atoms with van der Waals surface area (Å²) in [5.41, 5.74) is 4.07. The number of H-pyrrole nitrogens is 1. The van der Waals surface area contributed by atoms with E-state index in [1.54, 1.807) is 19.2 Å². The highest BCUT2D eigenvalue weighted by Gasteiger charge is 2.19. The number of carbonyl (C=O) groups excluding carboxylic acids is 1. The SMILES string of the molecule is COc1ccc(CC(=O)N2CC=C(c3c[nH]c4ccc(F)cc34)CC2)cc1. The maximum Gasteiger partial charge on any atom is 0.227 e. The average molecular weight is 364 g/mol. The zero-order valence-corrected chi connectivity index (χ0v) is 15.2. The Morgan fingerprint density at radius 3 is 2.74 bits per heavy atom. The molecule has 0 spiro atoms. The number of aromatic amines is 1. The molecule has 1 N–H and O–H groups in total. The van der Waals surface area contributed by atoms with Crippen molar-refractivity contribution in [3.8, 4) is 5.75 Å². The molecule has 0 saturated heterocycles. The van der Waals surface area contributed by atoms with Gasteiger partial charge in [0.15, 0.2) is 0 Å². The van der Waals surface area contributed by atoms with E-state index in [-0.39, 0.29) is 11.7 Å². The Morgan fingerprint density at radius 1 is 1.22 bits per heavy atom. The van der Waals surface area contributed by atoms with Crippen LogP contribution in [0, 0.1) is 5.82 Å². The van der Waals surface area contributed by atoms with Gasteiger partial charge >= 0.3 is 0 Å². The van der Waals surface area contributed by atoms with E-state index in [1.165, 1.54) is 6.07 Å². The van der Waals surface area contributed by atoms with E-state index in [9.17, 15) is 9.18 Å². The Labute approximate surface area is 157 Å². The van der Waals surface area contributed by atoms with E-state index in [0.29, 0.717) is 19.5 Å². The van der Waals surface area contributed by atoms with Gasteiger partial charge < -0.3 is 14.6 Å². The number of hydrogen-bond donors (Lipinski definition) is 1. The molecule has 2 heterocycles. The van der Waals surface area contributed by atoms with Crippen LogP contribution in [0.25, 0.3) is 16.5 Å². The largest absolute Gasteiger partial charge is 0.497 e. The van der Waals surface area contributed by atoms with Crippen molar-refractivity contribution >= 4 is 22.4 Å². The lowest BCUT2D eigenvalue weighted by molar-refractivity contribution is -0.130. The molecule has 4 nitrogen and oxygen atoms in total. The quantitative estimate of drug-likeness (QED) is 0.755. The lowest BCUT2D eigenvalue weighted by Gasteiger charge is -2.26. The number of rotatable bonds is 4. The fourth-order valence-electron chi connectivity index (χ4n) is 3.53. The van der Waals surface area contributed by atoms with Crippen molar-refractivity contribution in [1.29, 1.82) is 0 Å². The summed E-state index contributed by atoms with van der Waals surface area (Å²) < 4.78 is 18.7. The van der Waals surface area contributed by atoms with Crippen LogP contribution in [-0.4, -0.2) is 36.0 Å². The van der Waals surface area contributed by atoms with Crippen LogP contribution in [0.15, 0.2) is 54.7 Å². The monoisotopic (exact) mass is 364 g/mol. The maximum absolute atomic E-state index is 13.6. The normalized spacial score (nSPS) is 14.3. The number of ether oxygens (including phenoxy) is 1. The Hall–Kier alpha value is -3.08. The third-order valence-corrected chi connectivity index (χ3v) is 5.07. The predicted molar refractivity (Wildman–Crippen MR) is 104 cm³/mol. The number of halogens is 1. The number of carbonyl (C=O) groups is 1. The Kier molecular flexibility index (Phi) is 4.67. The first-order valence-electron chi connectivity index (χ1n) is 9.01. The molecule has 2 aromatic carbocycles. The standard InChI is InChI=1S/C22H21FN2O2/c1-27-18-5-2-15(3-6-18)12-22(26)25-10-8-16(9-11-25)20-14-24-21-7-4-17(23)13-19(20)21/h2-8,13-14,24H,9-12H2,1H3. The molecule has 4 rings (SSSR count). The summed E-state index contributed by atoms with van der Waals surface area (Å²) in [6.45, 7) is 1.25. The Balaban J connectivity index is 1.45. The second-order valence-electron chi connectivity index (χ2n) is 6.74. The second kappa shape index (κ2) is 7.27. The topological polar surface area (TPSA) is 45.3 Å². The Bertz CT molecular complexity index is 1000. The molecule has 1 aliphatic heterocycles. The number of amides is 1. The number of nitrogens with zero attached hydrogens (tertiary/aromatic N) is 1. The highest BCUT2D eigenvalue weighted by molar-refractivity contribution is 5.93. The lowest BCUT2D eigenvalue weighted by Crippen LogP contribution is -2.35. The highest BCUT2D eigenvalue weighted by Crippen LogP contribution is 2.30. The smallest absolute Gasteiger partial charge is 0.227 e. The summed E-state index contributed by atoms with van der Waals surface area (Å²) in [6.07, 6.45) is 5.14. The molecular formula is C22H21FN2O2. The lowest BCUT2D eigenvalue weighted by atomic mass is 9.98. The molecule has 1 aromatic heterocycles. The summed E-state index contributed by atoms with van der Waals surface area (Å²) in [5, 5.41) is 0.888. The summed E-state index contributed by atoms with van der Waals surface area (Å²) in [7, 11) is 1.62. The molecule has 3 aromatic rings. The molecule has 0 atom stereocenters. The summed E-state index contributed by atoms with van der Waals surface area (Å²) >= 11 is 0. The number of nitrogens with one attached hydrogen (secondary N) is 1. The van der Waals surface area contributed by atoms with Gasteiger partial charge in [-0.1, -0.05) is 18.2 Å². The van der Waals surface area contributed by atoms with E-state index in [2.05, 4.69) is 11.1 Å². The molecule has 0 unspecified atom stereocenters. The minimum Gasteiger partial charge on any atom is -0.497 e. The van der Waals surface area contributed by atoms with Gasteiger partial charge in [-0.15, -0.1) is 0 Å². The number of hydrogen-bond acceptors (Lipinski definition) is 2. The summed E-state index contributed by atoms with van der Waals surface area (Å²) in [5.74, 6) is 0.656. The average Bonchev–Trinajstić information content (AvgIpc) is 3.11. The molecule has 5 heteroatoms. The van der Waals surface area contributed by atoms with Crippen molar-refractivity contribution in [1.82, 2.24) is 9.88 Å². The Morgan fingerprint density at radius 2 is 2.04 bits per heavy atom. The van der Waals surface area contributed by atoms with E-state index in [0.717, 1.165) is 39.8 Å². The first-order chi connectivity index (χ1) is 13.1. The van der Waals surface area contributed by atoms with Crippen molar-refractivity contribution in [2.45, 2.75) is 12.8 Å². The zero-order valence-electron chi connectivity index (χ0n) is 15.2. The second-order valence-corrected chi connectivity index (χ2v) is 6.74. The van der Waals surface area contributed by atoms with Crippen molar-refractivity contribution in [2.24, 2.45) is 0 Å². The van der Waals surface area contributed by atoms with Crippen LogP contribution in [0.1, 0.15) is 17.5 Å². The van der Waals surface area contributed by atoms with Crippen LogP contribution in [0.4, 0.5) is 4.39 Å². The van der Waals surface area contributed by atoms with Crippen LogP contribution in [0.5, 0.6) is 5.75 Å². The third-order valence-electron chi connectivity index (χ3n) is 5.07. The van der Waals surface area contributed by atoms with E-state index >= 15 is 0 Å². The van der Waals surface area contributed by atoms with Crippen molar-refractivity contribution in [3.05, 3.63) is 71.7 Å². The van der Waals surface area contributed by atoms with Crippen LogP contribution >= 0.6 is 0 Å². The molecule has 27 heavy (non-hydrogen) atoms. The molecule has 138 valence electrons. The number of benzene rings is 2. The van der Waals surface area contributed by atoms with E-state index in [1.807, 2.05) is 35.4 Å². The molecule has 1 aliphatic rings. The zero-order chi connectivity index (χ0) is 18.8. The molecule has 0 aliphatic carbocycles. The highest BCUT2D eigenvalue weighted by atomic mass is 19.1. The molecule has 0 saturated carbocycles. The molecule has 0 fully saturated rings.